The number of anilines is 1. The Hall–Kier alpha value is -1.78. The predicted molar refractivity (Wildman–Crippen MR) is 82.6 cm³/mol. The van der Waals surface area contributed by atoms with E-state index in [4.69, 9.17) is 16.0 Å². The molecule has 2 heterocycles. The summed E-state index contributed by atoms with van der Waals surface area (Å²) in [7, 11) is 0. The van der Waals surface area contributed by atoms with Gasteiger partial charge in [0.1, 0.15) is 0 Å². The summed E-state index contributed by atoms with van der Waals surface area (Å²) in [5, 5.41) is 3.03. The Bertz CT molecular complexity index is 633. The number of halogens is 1. The van der Waals surface area contributed by atoms with Gasteiger partial charge in [-0.2, -0.15) is 0 Å². The molecular formula is C16H17ClN2O2. The first-order valence-corrected chi connectivity index (χ1v) is 7.46. The smallest absolute Gasteiger partial charge is 0.260 e. The first-order chi connectivity index (χ1) is 10.2. The summed E-state index contributed by atoms with van der Waals surface area (Å²) in [5.74, 6) is -0.248. The molecule has 1 aromatic carbocycles. The maximum absolute atomic E-state index is 12.2. The van der Waals surface area contributed by atoms with Crippen LogP contribution in [0.4, 0.5) is 5.69 Å². The third kappa shape index (κ3) is 3.28. The van der Waals surface area contributed by atoms with Crippen LogP contribution in [0.5, 0.6) is 0 Å². The summed E-state index contributed by atoms with van der Waals surface area (Å²) >= 11 is 5.84. The summed E-state index contributed by atoms with van der Waals surface area (Å²) in [4.78, 5) is 14.6. The number of carbonyl (C=O) groups is 1. The van der Waals surface area contributed by atoms with Gasteiger partial charge in [0.15, 0.2) is 0 Å². The quantitative estimate of drug-likeness (QED) is 0.935. The van der Waals surface area contributed by atoms with Crippen LogP contribution in [0, 0.1) is 0 Å². The van der Waals surface area contributed by atoms with Crippen molar-refractivity contribution in [3.05, 3.63) is 52.9 Å². The number of furan rings is 1. The molecule has 21 heavy (non-hydrogen) atoms. The Morgan fingerprint density at radius 3 is 2.71 bits per heavy atom. The van der Waals surface area contributed by atoms with Crippen molar-refractivity contribution in [2.45, 2.75) is 19.4 Å². The van der Waals surface area contributed by atoms with E-state index < -0.39 is 0 Å². The molecule has 0 bridgehead atoms. The van der Waals surface area contributed by atoms with E-state index >= 15 is 0 Å². The van der Waals surface area contributed by atoms with Crippen LogP contribution in [-0.4, -0.2) is 23.9 Å². The van der Waals surface area contributed by atoms with Gasteiger partial charge in [0, 0.05) is 12.2 Å². The van der Waals surface area contributed by atoms with Crippen LogP contribution in [0.3, 0.4) is 0 Å². The molecule has 3 rings (SSSR count). The van der Waals surface area contributed by atoms with E-state index in [0.29, 0.717) is 5.56 Å². The van der Waals surface area contributed by atoms with Gasteiger partial charge >= 0.3 is 0 Å². The minimum Gasteiger partial charge on any atom is -0.452 e. The molecule has 5 heteroatoms. The standard InChI is InChI=1S/C16H17ClN2O2/c17-15-13(7-10-21-15)16(20)18-14-6-2-1-5-12(14)11-19-8-3-4-9-19/h1-2,5-7,10H,3-4,8-9,11H2,(H,18,20). The lowest BCUT2D eigenvalue weighted by atomic mass is 10.1. The molecule has 2 aromatic rings. The van der Waals surface area contributed by atoms with Crippen molar-refractivity contribution >= 4 is 23.2 Å². The molecule has 1 aliphatic heterocycles. The summed E-state index contributed by atoms with van der Waals surface area (Å²) in [5.41, 5.74) is 2.30. The first-order valence-electron chi connectivity index (χ1n) is 7.08. The molecule has 1 saturated heterocycles. The van der Waals surface area contributed by atoms with Crippen molar-refractivity contribution in [2.75, 3.05) is 18.4 Å². The molecule has 1 fully saturated rings. The zero-order chi connectivity index (χ0) is 14.7. The Kier molecular flexibility index (Phi) is 4.27. The lowest BCUT2D eigenvalue weighted by molar-refractivity contribution is 0.102. The SMILES string of the molecule is O=C(Nc1ccccc1CN1CCCC1)c1ccoc1Cl. The van der Waals surface area contributed by atoms with Crippen molar-refractivity contribution in [2.24, 2.45) is 0 Å². The molecule has 0 unspecified atom stereocenters. The second-order valence-electron chi connectivity index (χ2n) is 5.20. The van der Waals surface area contributed by atoms with Crippen molar-refractivity contribution in [3.8, 4) is 0 Å². The Morgan fingerprint density at radius 2 is 2.00 bits per heavy atom. The van der Waals surface area contributed by atoms with Crippen LogP contribution in [0.15, 0.2) is 41.0 Å². The van der Waals surface area contributed by atoms with Gasteiger partial charge in [-0.3, -0.25) is 9.69 Å². The summed E-state index contributed by atoms with van der Waals surface area (Å²) < 4.78 is 4.96. The van der Waals surface area contributed by atoms with Gasteiger partial charge < -0.3 is 9.73 Å². The van der Waals surface area contributed by atoms with E-state index in [-0.39, 0.29) is 11.1 Å². The number of rotatable bonds is 4. The second kappa shape index (κ2) is 6.33. The minimum absolute atomic E-state index is 0.115. The van der Waals surface area contributed by atoms with E-state index in [2.05, 4.69) is 10.2 Å². The highest BCUT2D eigenvalue weighted by Crippen LogP contribution is 2.22. The molecule has 1 amide bonds. The fourth-order valence-electron chi connectivity index (χ4n) is 2.61. The van der Waals surface area contributed by atoms with E-state index in [0.717, 1.165) is 30.9 Å². The molecule has 110 valence electrons. The maximum atomic E-state index is 12.2. The summed E-state index contributed by atoms with van der Waals surface area (Å²) in [6.45, 7) is 3.10. The number of hydrogen-bond acceptors (Lipinski definition) is 3. The molecule has 1 aromatic heterocycles. The Morgan fingerprint density at radius 1 is 1.24 bits per heavy atom. The number of likely N-dealkylation sites (tertiary alicyclic amines) is 1. The van der Waals surface area contributed by atoms with Gasteiger partial charge in [0.2, 0.25) is 5.22 Å². The highest BCUT2D eigenvalue weighted by atomic mass is 35.5. The third-order valence-electron chi connectivity index (χ3n) is 3.72. The Labute approximate surface area is 128 Å². The monoisotopic (exact) mass is 304 g/mol. The fraction of sp³-hybridized carbons (Fsp3) is 0.312. The van der Waals surface area contributed by atoms with Crippen molar-refractivity contribution in [3.63, 3.8) is 0 Å². The average molecular weight is 305 g/mol. The van der Waals surface area contributed by atoms with Crippen LogP contribution >= 0.6 is 11.6 Å². The molecule has 0 saturated carbocycles. The molecular weight excluding hydrogens is 288 g/mol. The number of amides is 1. The van der Waals surface area contributed by atoms with Crippen molar-refractivity contribution < 1.29 is 9.21 Å². The van der Waals surface area contributed by atoms with E-state index in [9.17, 15) is 4.79 Å². The predicted octanol–water partition coefficient (Wildman–Crippen LogP) is 3.78. The van der Waals surface area contributed by atoms with Crippen molar-refractivity contribution in [1.29, 1.82) is 0 Å². The molecule has 4 nitrogen and oxygen atoms in total. The van der Waals surface area contributed by atoms with Gasteiger partial charge in [-0.1, -0.05) is 18.2 Å². The van der Waals surface area contributed by atoms with E-state index in [1.165, 1.54) is 19.1 Å². The molecule has 0 radical (unpaired) electrons. The average Bonchev–Trinajstić information content (AvgIpc) is 3.12. The van der Waals surface area contributed by atoms with Gasteiger partial charge in [0.05, 0.1) is 11.8 Å². The molecule has 0 atom stereocenters. The van der Waals surface area contributed by atoms with Gasteiger partial charge in [-0.25, -0.2) is 0 Å². The van der Waals surface area contributed by atoms with Gasteiger partial charge in [-0.15, -0.1) is 0 Å². The molecule has 1 N–H and O–H groups in total. The van der Waals surface area contributed by atoms with E-state index in [1.807, 2.05) is 24.3 Å². The van der Waals surface area contributed by atoms with Crippen LogP contribution in [0.25, 0.3) is 0 Å². The van der Waals surface area contributed by atoms with Crippen LogP contribution < -0.4 is 5.32 Å². The van der Waals surface area contributed by atoms with Crippen LogP contribution in [0.1, 0.15) is 28.8 Å². The Balaban J connectivity index is 1.75. The first kappa shape index (κ1) is 14.2. The minimum atomic E-state index is -0.248. The second-order valence-corrected chi connectivity index (χ2v) is 5.55. The number of benzene rings is 1. The van der Waals surface area contributed by atoms with Gasteiger partial charge in [0.25, 0.3) is 5.91 Å². The summed E-state index contributed by atoms with van der Waals surface area (Å²) in [6, 6.07) is 9.44. The lowest BCUT2D eigenvalue weighted by Gasteiger charge is -2.17. The number of carbonyl (C=O) groups excluding carboxylic acids is 1. The number of nitrogens with zero attached hydrogens (tertiary/aromatic N) is 1. The van der Waals surface area contributed by atoms with E-state index in [1.54, 1.807) is 6.07 Å². The maximum Gasteiger partial charge on any atom is 0.260 e. The molecule has 0 aliphatic carbocycles. The third-order valence-corrected chi connectivity index (χ3v) is 4.01. The number of para-hydroxylation sites is 1. The highest BCUT2D eigenvalue weighted by Gasteiger charge is 2.17. The molecule has 0 spiro atoms. The number of hydrogen-bond donors (Lipinski definition) is 1. The zero-order valence-electron chi connectivity index (χ0n) is 11.6. The van der Waals surface area contributed by atoms with Gasteiger partial charge in [-0.05, 0) is 55.2 Å². The number of nitrogens with one attached hydrogen (secondary N) is 1. The lowest BCUT2D eigenvalue weighted by Crippen LogP contribution is -2.20. The normalized spacial score (nSPS) is 15.3. The highest BCUT2D eigenvalue weighted by molar-refractivity contribution is 6.32. The summed E-state index contributed by atoms with van der Waals surface area (Å²) in [6.07, 6.45) is 3.91. The largest absolute Gasteiger partial charge is 0.452 e. The van der Waals surface area contributed by atoms with Crippen LogP contribution in [-0.2, 0) is 6.54 Å². The zero-order valence-corrected chi connectivity index (χ0v) is 12.4. The molecule has 1 aliphatic rings. The van der Waals surface area contributed by atoms with Crippen LogP contribution in [0.2, 0.25) is 5.22 Å². The fourth-order valence-corrected chi connectivity index (χ4v) is 2.81. The van der Waals surface area contributed by atoms with Crippen molar-refractivity contribution in [1.82, 2.24) is 4.90 Å². The topological polar surface area (TPSA) is 45.5 Å².